The molecule has 0 aliphatic carbocycles. The largest absolute Gasteiger partial charge is 0.431 e. The maximum Gasteiger partial charge on any atom is 0.307 e. The van der Waals surface area contributed by atoms with Crippen LogP contribution in [-0.2, 0) is 9.53 Å². The first-order valence-corrected chi connectivity index (χ1v) is 4.43. The molecule has 0 aliphatic heterocycles. The molecule has 0 bridgehead atoms. The van der Waals surface area contributed by atoms with Crippen molar-refractivity contribution in [1.82, 2.24) is 0 Å². The lowest BCUT2D eigenvalue weighted by Gasteiger charge is -2.02. The molecular weight excluding hydrogens is 243 g/mol. The molecule has 0 saturated carbocycles. The van der Waals surface area contributed by atoms with E-state index in [9.17, 15) is 4.79 Å². The molecule has 0 saturated heterocycles. The van der Waals surface area contributed by atoms with Crippen LogP contribution in [0.5, 0.6) is 0 Å². The Hall–Kier alpha value is -0.0600. The van der Waals surface area contributed by atoms with Crippen molar-refractivity contribution in [3.05, 3.63) is 9.84 Å². The zero-order valence-corrected chi connectivity index (χ0v) is 8.34. The van der Waals surface area contributed by atoms with Gasteiger partial charge in [0, 0.05) is 17.4 Å². The Morgan fingerprint density at radius 1 is 1.70 bits per heavy atom. The Morgan fingerprint density at radius 2 is 2.30 bits per heavy atom. The van der Waals surface area contributed by atoms with E-state index in [1.165, 1.54) is 6.92 Å². The number of allylic oxidation sites excluding steroid dienone is 1. The second-order valence-corrected chi connectivity index (χ2v) is 2.54. The van der Waals surface area contributed by atoms with Crippen LogP contribution in [0.1, 0.15) is 26.7 Å². The molecule has 0 heterocycles. The fraction of sp³-hybridized carbons (Fsp3) is 0.571. The number of esters is 1. The molecule has 0 amide bonds. The average molecular weight is 254 g/mol. The molecule has 0 radical (unpaired) electrons. The Balaban J connectivity index is 3.73. The van der Waals surface area contributed by atoms with Crippen molar-refractivity contribution in [2.24, 2.45) is 0 Å². The fourth-order valence-electron chi connectivity index (χ4n) is 0.559. The fourth-order valence-corrected chi connectivity index (χ4v) is 0.997. The van der Waals surface area contributed by atoms with Gasteiger partial charge in [-0.2, -0.15) is 0 Å². The van der Waals surface area contributed by atoms with Crippen LogP contribution in [-0.4, -0.2) is 5.97 Å². The van der Waals surface area contributed by atoms with Crippen molar-refractivity contribution in [2.75, 3.05) is 0 Å². The van der Waals surface area contributed by atoms with Crippen LogP contribution in [0, 0.1) is 0 Å². The first-order valence-electron chi connectivity index (χ1n) is 3.18. The molecule has 58 valence electrons. The molecule has 0 aromatic carbocycles. The highest BCUT2D eigenvalue weighted by Gasteiger charge is 1.98. The third kappa shape index (κ3) is 4.78. The molecular formula is C7H11IO2. The summed E-state index contributed by atoms with van der Waals surface area (Å²) in [5.41, 5.74) is 0. The van der Waals surface area contributed by atoms with Crippen molar-refractivity contribution in [3.63, 3.8) is 0 Å². The van der Waals surface area contributed by atoms with E-state index in [1.54, 1.807) is 4.08 Å². The number of ether oxygens (including phenoxy) is 1. The molecule has 0 fully saturated rings. The van der Waals surface area contributed by atoms with Crippen molar-refractivity contribution >= 4 is 28.6 Å². The van der Waals surface area contributed by atoms with E-state index in [-0.39, 0.29) is 5.97 Å². The van der Waals surface area contributed by atoms with E-state index in [2.05, 4.69) is 22.6 Å². The van der Waals surface area contributed by atoms with Gasteiger partial charge in [-0.15, -0.1) is 0 Å². The van der Waals surface area contributed by atoms with Crippen LogP contribution in [0.4, 0.5) is 0 Å². The molecule has 0 N–H and O–H groups in total. The number of rotatable bonds is 3. The normalized spacial score (nSPS) is 11.3. The first kappa shape index (κ1) is 9.94. The average Bonchev–Trinajstić information content (AvgIpc) is 1.86. The van der Waals surface area contributed by atoms with E-state index < -0.39 is 0 Å². The number of hydrogen-bond acceptors (Lipinski definition) is 2. The van der Waals surface area contributed by atoms with Crippen LogP contribution >= 0.6 is 22.6 Å². The summed E-state index contributed by atoms with van der Waals surface area (Å²) in [6.07, 6.45) is 1.84. The van der Waals surface area contributed by atoms with E-state index in [4.69, 9.17) is 4.74 Å². The quantitative estimate of drug-likeness (QED) is 0.439. The Bertz CT molecular complexity index is 141. The predicted molar refractivity (Wildman–Crippen MR) is 48.8 cm³/mol. The third-order valence-corrected chi connectivity index (χ3v) is 1.59. The zero-order valence-electron chi connectivity index (χ0n) is 6.19. The second kappa shape index (κ2) is 5.70. The van der Waals surface area contributed by atoms with Gasteiger partial charge in [0.15, 0.2) is 0 Å². The summed E-state index contributed by atoms with van der Waals surface area (Å²) in [5.74, 6) is 0.520. The zero-order chi connectivity index (χ0) is 7.98. The number of carbonyl (C=O) groups is 1. The van der Waals surface area contributed by atoms with E-state index in [1.807, 2.05) is 6.92 Å². The Kier molecular flexibility index (Phi) is 5.67. The summed E-state index contributed by atoms with van der Waals surface area (Å²) in [4.78, 5) is 10.4. The summed E-state index contributed by atoms with van der Waals surface area (Å²) >= 11 is 2.07. The number of hydrogen-bond donors (Lipinski definition) is 0. The minimum Gasteiger partial charge on any atom is -0.431 e. The molecule has 0 rings (SSSR count). The molecule has 0 aromatic heterocycles. The van der Waals surface area contributed by atoms with Gasteiger partial charge in [0.25, 0.3) is 0 Å². The lowest BCUT2D eigenvalue weighted by Crippen LogP contribution is -1.97. The van der Waals surface area contributed by atoms with Gasteiger partial charge >= 0.3 is 5.97 Å². The second-order valence-electron chi connectivity index (χ2n) is 1.92. The summed E-state index contributed by atoms with van der Waals surface area (Å²) in [7, 11) is 0. The van der Waals surface area contributed by atoms with Crippen LogP contribution in [0.2, 0.25) is 0 Å². The summed E-state index contributed by atoms with van der Waals surface area (Å²) in [5, 5.41) is 0. The minimum absolute atomic E-state index is 0.239. The topological polar surface area (TPSA) is 26.3 Å². The van der Waals surface area contributed by atoms with E-state index >= 15 is 0 Å². The predicted octanol–water partition coefficient (Wildman–Crippen LogP) is 2.63. The van der Waals surface area contributed by atoms with Gasteiger partial charge in [-0.1, -0.05) is 6.92 Å². The minimum atomic E-state index is -0.239. The Morgan fingerprint density at radius 3 is 2.60 bits per heavy atom. The van der Waals surface area contributed by atoms with Gasteiger partial charge in [0.1, 0.15) is 5.76 Å². The first-order chi connectivity index (χ1) is 4.70. The lowest BCUT2D eigenvalue weighted by atomic mass is 10.3. The van der Waals surface area contributed by atoms with Crippen molar-refractivity contribution in [2.45, 2.75) is 26.7 Å². The summed E-state index contributed by atoms with van der Waals surface area (Å²) in [6, 6.07) is 0. The molecule has 0 spiro atoms. The van der Waals surface area contributed by atoms with E-state index in [0.717, 1.165) is 18.6 Å². The molecule has 3 heteroatoms. The van der Waals surface area contributed by atoms with Gasteiger partial charge < -0.3 is 4.74 Å². The van der Waals surface area contributed by atoms with Crippen molar-refractivity contribution < 1.29 is 9.53 Å². The van der Waals surface area contributed by atoms with Gasteiger partial charge in [-0.25, -0.2) is 0 Å². The summed E-state index contributed by atoms with van der Waals surface area (Å²) in [6.45, 7) is 3.46. The molecule has 0 unspecified atom stereocenters. The highest BCUT2D eigenvalue weighted by Crippen LogP contribution is 2.09. The highest BCUT2D eigenvalue weighted by atomic mass is 127. The lowest BCUT2D eigenvalue weighted by molar-refractivity contribution is -0.137. The van der Waals surface area contributed by atoms with Crippen molar-refractivity contribution in [1.29, 1.82) is 0 Å². The molecule has 0 aromatic rings. The van der Waals surface area contributed by atoms with Crippen molar-refractivity contribution in [3.8, 4) is 0 Å². The monoisotopic (exact) mass is 254 g/mol. The van der Waals surface area contributed by atoms with Crippen LogP contribution in [0.25, 0.3) is 0 Å². The molecule has 0 atom stereocenters. The molecule has 10 heavy (non-hydrogen) atoms. The Labute approximate surface area is 74.8 Å². The number of carbonyl (C=O) groups excluding carboxylic acids is 1. The SMILES string of the molecule is CCC/C(=C/I)OC(C)=O. The van der Waals surface area contributed by atoms with Gasteiger partial charge in [-0.3, -0.25) is 4.79 Å². The van der Waals surface area contributed by atoms with Crippen LogP contribution in [0.3, 0.4) is 0 Å². The maximum atomic E-state index is 10.4. The molecule has 0 aliphatic rings. The highest BCUT2D eigenvalue weighted by molar-refractivity contribution is 14.1. The van der Waals surface area contributed by atoms with Gasteiger partial charge in [0.05, 0.1) is 0 Å². The van der Waals surface area contributed by atoms with E-state index in [0.29, 0.717) is 0 Å². The van der Waals surface area contributed by atoms with Crippen LogP contribution < -0.4 is 0 Å². The standard InChI is InChI=1S/C7H11IO2/c1-3-4-7(5-8)10-6(2)9/h5H,3-4H2,1-2H3/b7-5-. The van der Waals surface area contributed by atoms with Gasteiger partial charge in [0.2, 0.25) is 0 Å². The third-order valence-electron chi connectivity index (χ3n) is 0.893. The summed E-state index contributed by atoms with van der Waals surface area (Å²) < 4.78 is 6.65. The smallest absolute Gasteiger partial charge is 0.307 e. The van der Waals surface area contributed by atoms with Crippen LogP contribution in [0.15, 0.2) is 9.84 Å². The molecule has 2 nitrogen and oxygen atoms in total. The number of halogens is 1. The maximum absolute atomic E-state index is 10.4. The van der Waals surface area contributed by atoms with Gasteiger partial charge in [-0.05, 0) is 29.0 Å².